The average molecular weight is 455 g/mol. The van der Waals surface area contributed by atoms with Gasteiger partial charge in [0.1, 0.15) is 19.0 Å². The van der Waals surface area contributed by atoms with Crippen LogP contribution in [-0.4, -0.2) is 28.9 Å². The molecule has 1 atom stereocenters. The summed E-state index contributed by atoms with van der Waals surface area (Å²) in [6, 6.07) is 22.7. The highest BCUT2D eigenvalue weighted by atomic mass is 16.5. The zero-order chi connectivity index (χ0) is 22.9. The molecule has 2 aliphatic rings. The second kappa shape index (κ2) is 8.95. The number of ether oxygens (including phenoxy) is 3. The van der Waals surface area contributed by atoms with E-state index in [9.17, 15) is 4.79 Å². The molecule has 0 N–H and O–H groups in total. The average Bonchev–Trinajstić information content (AvgIpc) is 3.39. The highest BCUT2D eigenvalue weighted by molar-refractivity contribution is 5.83. The normalized spacial score (nSPS) is 16.8. The number of hydrogen-bond donors (Lipinski definition) is 0. The van der Waals surface area contributed by atoms with E-state index in [1.165, 1.54) is 10.8 Å². The zero-order valence-corrected chi connectivity index (χ0v) is 18.9. The van der Waals surface area contributed by atoms with E-state index in [0.717, 1.165) is 54.0 Å². The second-order valence-corrected chi connectivity index (χ2v) is 8.90. The summed E-state index contributed by atoms with van der Waals surface area (Å²) in [5, 5.41) is 2.43. The predicted molar refractivity (Wildman–Crippen MR) is 130 cm³/mol. The van der Waals surface area contributed by atoms with Gasteiger partial charge in [-0.2, -0.15) is 4.98 Å². The van der Waals surface area contributed by atoms with Crippen LogP contribution in [-0.2, 0) is 24.3 Å². The fourth-order valence-electron chi connectivity index (χ4n) is 4.80. The number of hydrogen-bond acceptors (Lipinski definition) is 5. The fourth-order valence-corrected chi connectivity index (χ4v) is 4.80. The van der Waals surface area contributed by atoms with Crippen molar-refractivity contribution in [2.24, 2.45) is 0 Å². The lowest BCUT2D eigenvalue weighted by molar-refractivity contribution is 0.0661. The molecule has 3 heterocycles. The molecule has 1 fully saturated rings. The highest BCUT2D eigenvalue weighted by Crippen LogP contribution is 2.32. The molecule has 4 aromatic rings. The third-order valence-electron chi connectivity index (χ3n) is 6.61. The lowest BCUT2D eigenvalue weighted by Gasteiger charge is -2.22. The Morgan fingerprint density at radius 2 is 1.91 bits per heavy atom. The molecule has 6 nitrogen and oxygen atoms in total. The number of benzene rings is 3. The molecule has 2 aliphatic heterocycles. The second-order valence-electron chi connectivity index (χ2n) is 8.90. The van der Waals surface area contributed by atoms with Crippen molar-refractivity contribution in [2.75, 3.05) is 13.2 Å². The number of fused-ring (bicyclic) bond motifs is 4. The molecule has 0 radical (unpaired) electrons. The number of aromatic nitrogens is 2. The van der Waals surface area contributed by atoms with Crippen LogP contribution in [0.4, 0.5) is 0 Å². The molecule has 1 saturated heterocycles. The highest BCUT2D eigenvalue weighted by Gasteiger charge is 2.21. The summed E-state index contributed by atoms with van der Waals surface area (Å²) in [6.45, 7) is 2.29. The Bertz CT molecular complexity index is 1410. The largest absolute Gasteiger partial charge is 0.489 e. The van der Waals surface area contributed by atoms with Gasteiger partial charge in [-0.1, -0.05) is 36.4 Å². The van der Waals surface area contributed by atoms with Crippen LogP contribution in [0.1, 0.15) is 24.0 Å². The summed E-state index contributed by atoms with van der Waals surface area (Å²) in [6.07, 6.45) is 2.87. The molecular weight excluding hydrogens is 428 g/mol. The van der Waals surface area contributed by atoms with E-state index < -0.39 is 0 Å². The first-order chi connectivity index (χ1) is 16.7. The minimum Gasteiger partial charge on any atom is -0.489 e. The van der Waals surface area contributed by atoms with Gasteiger partial charge in [0, 0.05) is 24.8 Å². The summed E-state index contributed by atoms with van der Waals surface area (Å²) >= 11 is 0. The minimum absolute atomic E-state index is 0.0789. The van der Waals surface area contributed by atoms with Gasteiger partial charge in [-0.15, -0.1) is 0 Å². The molecule has 6 rings (SSSR count). The maximum absolute atomic E-state index is 12.6. The maximum Gasteiger partial charge on any atom is 0.351 e. The number of nitrogens with zero attached hydrogens (tertiary/aromatic N) is 2. The number of rotatable bonds is 6. The van der Waals surface area contributed by atoms with E-state index in [2.05, 4.69) is 41.4 Å². The smallest absolute Gasteiger partial charge is 0.351 e. The van der Waals surface area contributed by atoms with E-state index in [4.69, 9.17) is 14.2 Å². The molecule has 1 unspecified atom stereocenters. The Kier molecular flexibility index (Phi) is 5.51. The Balaban J connectivity index is 1.21. The number of aryl methyl sites for hydroxylation is 1. The van der Waals surface area contributed by atoms with E-state index in [0.29, 0.717) is 25.6 Å². The molecular formula is C28H26N2O4. The first kappa shape index (κ1) is 20.9. The van der Waals surface area contributed by atoms with Gasteiger partial charge in [-0.3, -0.25) is 4.57 Å². The van der Waals surface area contributed by atoms with Gasteiger partial charge >= 0.3 is 5.69 Å². The van der Waals surface area contributed by atoms with Crippen LogP contribution in [0.2, 0.25) is 0 Å². The molecule has 0 aliphatic carbocycles. The van der Waals surface area contributed by atoms with E-state index >= 15 is 0 Å². The van der Waals surface area contributed by atoms with Crippen molar-refractivity contribution in [1.29, 1.82) is 0 Å². The molecule has 1 aromatic heterocycles. The summed E-state index contributed by atoms with van der Waals surface area (Å²) in [5.41, 5.74) is 3.87. The third-order valence-corrected chi connectivity index (χ3v) is 6.61. The molecule has 0 bridgehead atoms. The lowest BCUT2D eigenvalue weighted by Crippen LogP contribution is -2.29. The monoisotopic (exact) mass is 454 g/mol. The molecule has 0 spiro atoms. The Labute approximate surface area is 197 Å². The van der Waals surface area contributed by atoms with E-state index in [1.54, 1.807) is 4.57 Å². The van der Waals surface area contributed by atoms with Gasteiger partial charge in [-0.05, 0) is 65.4 Å². The van der Waals surface area contributed by atoms with Gasteiger partial charge < -0.3 is 14.2 Å². The standard InChI is InChI=1S/C28H26N2O4/c31-28-29-27(34-18-24-6-3-13-32-24)16-26-25-10-9-23(15-22(25)11-12-30(26)28)33-17-19-7-8-20-4-1-2-5-21(20)14-19/h1-2,4-5,7-10,14-16,24H,3,6,11-13,17-18H2. The van der Waals surface area contributed by atoms with E-state index in [1.807, 2.05) is 30.3 Å². The van der Waals surface area contributed by atoms with Gasteiger partial charge in [0.2, 0.25) is 5.88 Å². The van der Waals surface area contributed by atoms with Gasteiger partial charge in [0.15, 0.2) is 0 Å². The Morgan fingerprint density at radius 3 is 2.79 bits per heavy atom. The molecule has 6 heteroatoms. The lowest BCUT2D eigenvalue weighted by atomic mass is 9.97. The van der Waals surface area contributed by atoms with Gasteiger partial charge in [-0.25, -0.2) is 4.79 Å². The van der Waals surface area contributed by atoms with E-state index in [-0.39, 0.29) is 11.8 Å². The summed E-state index contributed by atoms with van der Waals surface area (Å²) in [4.78, 5) is 16.8. The van der Waals surface area contributed by atoms with Crippen LogP contribution in [0.5, 0.6) is 11.6 Å². The van der Waals surface area contributed by atoms with Crippen LogP contribution in [0.3, 0.4) is 0 Å². The first-order valence-electron chi connectivity index (χ1n) is 11.8. The maximum atomic E-state index is 12.6. The Morgan fingerprint density at radius 1 is 1.00 bits per heavy atom. The summed E-state index contributed by atoms with van der Waals surface area (Å²) in [7, 11) is 0. The topological polar surface area (TPSA) is 62.6 Å². The van der Waals surface area contributed by atoms with Crippen LogP contribution in [0.15, 0.2) is 71.5 Å². The van der Waals surface area contributed by atoms with Crippen molar-refractivity contribution in [1.82, 2.24) is 9.55 Å². The Hall–Kier alpha value is -3.64. The summed E-state index contributed by atoms with van der Waals surface area (Å²) in [5.74, 6) is 1.18. The van der Waals surface area contributed by atoms with Crippen molar-refractivity contribution in [2.45, 2.75) is 38.5 Å². The first-order valence-corrected chi connectivity index (χ1v) is 11.8. The predicted octanol–water partition coefficient (Wildman–Crippen LogP) is 4.76. The molecule has 0 saturated carbocycles. The molecule has 3 aromatic carbocycles. The van der Waals surface area contributed by atoms with Crippen LogP contribution in [0, 0.1) is 0 Å². The third kappa shape index (κ3) is 4.17. The fraction of sp³-hybridized carbons (Fsp3) is 0.286. The minimum atomic E-state index is -0.276. The van der Waals surface area contributed by atoms with Crippen molar-refractivity contribution < 1.29 is 14.2 Å². The quantitative estimate of drug-likeness (QED) is 0.421. The van der Waals surface area contributed by atoms with Crippen LogP contribution >= 0.6 is 0 Å². The van der Waals surface area contributed by atoms with Crippen molar-refractivity contribution >= 4 is 10.8 Å². The van der Waals surface area contributed by atoms with Gasteiger partial charge in [0.25, 0.3) is 0 Å². The van der Waals surface area contributed by atoms with Crippen LogP contribution < -0.4 is 15.2 Å². The zero-order valence-electron chi connectivity index (χ0n) is 18.9. The molecule has 0 amide bonds. The summed E-state index contributed by atoms with van der Waals surface area (Å²) < 4.78 is 19.3. The SMILES string of the molecule is O=c1nc(OCC2CCCO2)cc2n1CCc1cc(OCc3ccc4ccccc4c3)ccc1-2. The van der Waals surface area contributed by atoms with Crippen molar-refractivity contribution in [3.05, 3.63) is 88.3 Å². The van der Waals surface area contributed by atoms with Gasteiger partial charge in [0.05, 0.1) is 11.8 Å². The van der Waals surface area contributed by atoms with Crippen molar-refractivity contribution in [3.8, 4) is 22.9 Å². The molecule has 172 valence electrons. The van der Waals surface area contributed by atoms with Crippen LogP contribution in [0.25, 0.3) is 22.0 Å². The molecule has 34 heavy (non-hydrogen) atoms. The van der Waals surface area contributed by atoms with Crippen molar-refractivity contribution in [3.63, 3.8) is 0 Å².